The number of esters is 1. The average molecular weight is 399 g/mol. The molecule has 0 bridgehead atoms. The molecule has 4 nitrogen and oxygen atoms in total. The second kappa shape index (κ2) is 8.73. The first-order valence-corrected chi connectivity index (χ1v) is 11.4. The van der Waals surface area contributed by atoms with Gasteiger partial charge >= 0.3 is 5.97 Å². The van der Waals surface area contributed by atoms with Gasteiger partial charge in [0, 0.05) is 16.7 Å². The summed E-state index contributed by atoms with van der Waals surface area (Å²) in [5, 5.41) is 8.23. The summed E-state index contributed by atoms with van der Waals surface area (Å²) >= 11 is 9.11. The highest BCUT2D eigenvalue weighted by Crippen LogP contribution is 2.40. The highest BCUT2D eigenvalue weighted by Gasteiger charge is 2.28. The van der Waals surface area contributed by atoms with E-state index in [1.165, 1.54) is 24.1 Å². The second-order valence-corrected chi connectivity index (χ2v) is 9.32. The number of thiophene rings is 1. The van der Waals surface area contributed by atoms with Gasteiger partial charge in [0.05, 0.1) is 12.2 Å². The van der Waals surface area contributed by atoms with E-state index in [4.69, 9.17) is 17.0 Å². The summed E-state index contributed by atoms with van der Waals surface area (Å²) in [4.78, 5) is 13.8. The summed E-state index contributed by atoms with van der Waals surface area (Å²) in [6.45, 7) is 4.51. The highest BCUT2D eigenvalue weighted by atomic mass is 32.2. The van der Waals surface area contributed by atoms with Crippen molar-refractivity contribution >= 4 is 51.4 Å². The van der Waals surface area contributed by atoms with Gasteiger partial charge in [-0.25, -0.2) is 4.79 Å². The molecule has 1 saturated carbocycles. The fraction of sp³-hybridized carbons (Fsp3) is 0.667. The van der Waals surface area contributed by atoms with Gasteiger partial charge in [-0.05, 0) is 55.6 Å². The zero-order chi connectivity index (χ0) is 17.8. The van der Waals surface area contributed by atoms with Crippen LogP contribution >= 0.6 is 35.3 Å². The Bertz CT molecular complexity index is 645. The summed E-state index contributed by atoms with van der Waals surface area (Å²) in [7, 11) is 0. The molecule has 2 heterocycles. The van der Waals surface area contributed by atoms with Crippen LogP contribution in [-0.4, -0.2) is 29.5 Å². The molecule has 1 aliphatic carbocycles. The number of carbonyl (C=O) groups excluding carboxylic acids is 1. The second-order valence-electron chi connectivity index (χ2n) is 6.70. The number of anilines is 1. The predicted molar refractivity (Wildman–Crippen MR) is 111 cm³/mol. The molecule has 3 rings (SSSR count). The normalized spacial score (nSPS) is 22.8. The van der Waals surface area contributed by atoms with Crippen LogP contribution in [0, 0.1) is 5.92 Å². The Kier molecular flexibility index (Phi) is 6.63. The molecule has 1 aromatic rings. The van der Waals surface area contributed by atoms with Gasteiger partial charge in [0.1, 0.15) is 5.00 Å². The number of thiocarbonyl (C=S) groups is 1. The molecule has 138 valence electrons. The summed E-state index contributed by atoms with van der Waals surface area (Å²) in [6, 6.07) is 0.421. The van der Waals surface area contributed by atoms with Crippen LogP contribution in [0.3, 0.4) is 0 Å². The number of thioether (sulfide) groups is 1. The van der Waals surface area contributed by atoms with Crippen LogP contribution in [0.4, 0.5) is 5.00 Å². The number of hydrogen-bond acceptors (Lipinski definition) is 5. The minimum atomic E-state index is -0.233. The van der Waals surface area contributed by atoms with Gasteiger partial charge in [0.2, 0.25) is 0 Å². The molecule has 1 fully saturated rings. The fourth-order valence-corrected chi connectivity index (χ4v) is 6.27. The smallest absolute Gasteiger partial charge is 0.341 e. The average Bonchev–Trinajstić information content (AvgIpc) is 2.95. The van der Waals surface area contributed by atoms with Gasteiger partial charge in [-0.2, -0.15) is 11.8 Å². The minimum absolute atomic E-state index is 0.233. The van der Waals surface area contributed by atoms with Crippen molar-refractivity contribution in [2.45, 2.75) is 57.7 Å². The van der Waals surface area contributed by atoms with E-state index in [0.29, 0.717) is 29.2 Å². The van der Waals surface area contributed by atoms with E-state index in [9.17, 15) is 4.79 Å². The molecular weight excluding hydrogens is 372 g/mol. The van der Waals surface area contributed by atoms with Crippen LogP contribution in [0.1, 0.15) is 60.3 Å². The molecule has 2 N–H and O–H groups in total. The van der Waals surface area contributed by atoms with Crippen LogP contribution < -0.4 is 10.6 Å². The van der Waals surface area contributed by atoms with Crippen molar-refractivity contribution in [2.75, 3.05) is 17.7 Å². The molecule has 0 aromatic carbocycles. The Morgan fingerprint density at radius 2 is 2.16 bits per heavy atom. The fourth-order valence-electron chi connectivity index (χ4n) is 3.58. The predicted octanol–water partition coefficient (Wildman–Crippen LogP) is 4.58. The maximum atomic E-state index is 12.5. The first-order chi connectivity index (χ1) is 12.1. The van der Waals surface area contributed by atoms with Crippen molar-refractivity contribution in [1.29, 1.82) is 0 Å². The van der Waals surface area contributed by atoms with E-state index in [1.807, 2.05) is 18.7 Å². The lowest BCUT2D eigenvalue weighted by Crippen LogP contribution is -2.43. The third kappa shape index (κ3) is 4.49. The number of ether oxygens (including phenoxy) is 1. The van der Waals surface area contributed by atoms with Gasteiger partial charge < -0.3 is 15.4 Å². The van der Waals surface area contributed by atoms with Crippen molar-refractivity contribution in [3.05, 3.63) is 16.0 Å². The molecule has 2 aliphatic rings. The number of fused-ring (bicyclic) bond motifs is 1. The molecule has 0 amide bonds. The van der Waals surface area contributed by atoms with Crippen molar-refractivity contribution < 1.29 is 9.53 Å². The summed E-state index contributed by atoms with van der Waals surface area (Å²) in [5.41, 5.74) is 1.85. The molecule has 0 spiro atoms. The first-order valence-electron chi connectivity index (χ1n) is 9.07. The van der Waals surface area contributed by atoms with E-state index in [0.717, 1.165) is 34.9 Å². The van der Waals surface area contributed by atoms with Gasteiger partial charge in [0.15, 0.2) is 5.11 Å². The lowest BCUT2D eigenvalue weighted by atomic mass is 9.86. The van der Waals surface area contributed by atoms with Gasteiger partial charge in [-0.3, -0.25) is 0 Å². The number of nitrogens with one attached hydrogen (secondary N) is 2. The minimum Gasteiger partial charge on any atom is -0.462 e. The molecule has 0 radical (unpaired) electrons. The van der Waals surface area contributed by atoms with Crippen molar-refractivity contribution in [3.63, 3.8) is 0 Å². The lowest BCUT2D eigenvalue weighted by molar-refractivity contribution is 0.0527. The Morgan fingerprint density at radius 1 is 1.36 bits per heavy atom. The Morgan fingerprint density at radius 3 is 2.92 bits per heavy atom. The van der Waals surface area contributed by atoms with Crippen LogP contribution in [0.5, 0.6) is 0 Å². The lowest BCUT2D eigenvalue weighted by Gasteiger charge is -2.30. The molecule has 0 unspecified atom stereocenters. The summed E-state index contributed by atoms with van der Waals surface area (Å²) in [5.74, 6) is 2.42. The molecular formula is C18H26N2O2S3. The standard InChI is InChI=1S/C18H26N2O2S3/c1-3-22-17(21)15-12-8-9-24-10-14(12)25-16(15)20-18(23)19-13-7-5-4-6-11(13)2/h11,13H,3-10H2,1-2H3,(H2,19,20,23)/t11-,13+/m1/s1. The van der Waals surface area contributed by atoms with Crippen LogP contribution in [-0.2, 0) is 16.9 Å². The third-order valence-corrected chi connectivity index (χ3v) is 7.49. The molecule has 1 aliphatic heterocycles. The van der Waals surface area contributed by atoms with Crippen LogP contribution in [0.25, 0.3) is 0 Å². The van der Waals surface area contributed by atoms with Crippen molar-refractivity contribution in [1.82, 2.24) is 5.32 Å². The number of hydrogen-bond donors (Lipinski definition) is 2. The Labute approximate surface area is 163 Å². The molecule has 2 atom stereocenters. The molecule has 0 saturated heterocycles. The SMILES string of the molecule is CCOC(=O)c1c(NC(=S)N[C@H]2CCCC[C@H]2C)sc2c1CCSC2. The van der Waals surface area contributed by atoms with Gasteiger partial charge in [-0.15, -0.1) is 11.3 Å². The zero-order valence-electron chi connectivity index (χ0n) is 14.9. The van der Waals surface area contributed by atoms with Crippen LogP contribution in [0.2, 0.25) is 0 Å². The molecule has 7 heteroatoms. The van der Waals surface area contributed by atoms with Gasteiger partial charge in [0.25, 0.3) is 0 Å². The Hall–Kier alpha value is -0.790. The monoisotopic (exact) mass is 398 g/mol. The van der Waals surface area contributed by atoms with E-state index >= 15 is 0 Å². The quantitative estimate of drug-likeness (QED) is 0.572. The Balaban J connectivity index is 1.75. The third-order valence-electron chi connectivity index (χ3n) is 4.95. The first kappa shape index (κ1) is 19.0. The topological polar surface area (TPSA) is 50.4 Å². The van der Waals surface area contributed by atoms with E-state index in [2.05, 4.69) is 17.6 Å². The van der Waals surface area contributed by atoms with E-state index in [1.54, 1.807) is 11.3 Å². The maximum Gasteiger partial charge on any atom is 0.341 e. The van der Waals surface area contributed by atoms with E-state index in [-0.39, 0.29) is 5.97 Å². The number of rotatable bonds is 4. The maximum absolute atomic E-state index is 12.5. The largest absolute Gasteiger partial charge is 0.462 e. The zero-order valence-corrected chi connectivity index (χ0v) is 17.3. The summed E-state index contributed by atoms with van der Waals surface area (Å²) in [6.07, 6.45) is 5.89. The molecule has 25 heavy (non-hydrogen) atoms. The van der Waals surface area contributed by atoms with Crippen molar-refractivity contribution in [3.8, 4) is 0 Å². The van der Waals surface area contributed by atoms with Crippen molar-refractivity contribution in [2.24, 2.45) is 5.92 Å². The number of carbonyl (C=O) groups is 1. The summed E-state index contributed by atoms with van der Waals surface area (Å²) < 4.78 is 5.30. The van der Waals surface area contributed by atoms with Crippen LogP contribution in [0.15, 0.2) is 0 Å². The van der Waals surface area contributed by atoms with Gasteiger partial charge in [-0.1, -0.05) is 19.8 Å². The highest BCUT2D eigenvalue weighted by molar-refractivity contribution is 7.98. The molecule has 1 aromatic heterocycles. The van der Waals surface area contributed by atoms with E-state index < -0.39 is 0 Å².